The average Bonchev–Trinajstić information content (AvgIpc) is 3.85. The van der Waals surface area contributed by atoms with Gasteiger partial charge in [-0.15, -0.1) is 11.3 Å². The Balaban J connectivity index is 1.50. The van der Waals surface area contributed by atoms with E-state index in [4.69, 9.17) is 9.97 Å². The number of aryl methyl sites for hydroxylation is 1. The van der Waals surface area contributed by atoms with Crippen molar-refractivity contribution in [1.82, 2.24) is 19.9 Å². The Morgan fingerprint density at radius 1 is 0.750 bits per heavy atom. The summed E-state index contributed by atoms with van der Waals surface area (Å²) in [5.41, 5.74) is 10.3. The van der Waals surface area contributed by atoms with Gasteiger partial charge in [-0.3, -0.25) is 0 Å². The number of H-pyrrole nitrogens is 2. The van der Waals surface area contributed by atoms with Crippen molar-refractivity contribution < 1.29 is 9.90 Å². The van der Waals surface area contributed by atoms with E-state index >= 15 is 0 Å². The summed E-state index contributed by atoms with van der Waals surface area (Å²) in [6.45, 7) is 2.24. The quantitative estimate of drug-likeness (QED) is 0.152. The molecular formula is C37H32N4O2S. The number of hydrogen-bond acceptors (Lipinski definition) is 4. The number of nitrogens with one attached hydrogen (secondary N) is 2. The van der Waals surface area contributed by atoms with Crippen LogP contribution in [0.3, 0.4) is 0 Å². The van der Waals surface area contributed by atoms with Crippen molar-refractivity contribution >= 4 is 63.7 Å². The molecule has 6 heterocycles. The fourth-order valence-corrected chi connectivity index (χ4v) is 6.83. The molecule has 0 atom stereocenters. The molecule has 0 unspecified atom stereocenters. The number of benzene rings is 1. The van der Waals surface area contributed by atoms with E-state index in [2.05, 4.69) is 41.2 Å². The molecule has 4 aromatic heterocycles. The fraction of sp³-hybridized carbons (Fsp3) is 0.162. The minimum absolute atomic E-state index is 0.246. The third-order valence-corrected chi connectivity index (χ3v) is 9.13. The van der Waals surface area contributed by atoms with Crippen LogP contribution in [-0.4, -0.2) is 31.0 Å². The monoisotopic (exact) mass is 596 g/mol. The predicted octanol–water partition coefficient (Wildman–Crippen LogP) is 9.87. The van der Waals surface area contributed by atoms with Crippen LogP contribution in [0, 0.1) is 0 Å². The molecule has 0 fully saturated rings. The second-order valence-corrected chi connectivity index (χ2v) is 12.4. The molecular weight excluding hydrogens is 565 g/mol. The molecule has 7 rings (SSSR count). The highest BCUT2D eigenvalue weighted by atomic mass is 32.1. The highest BCUT2D eigenvalue weighted by Crippen LogP contribution is 2.39. The highest BCUT2D eigenvalue weighted by Gasteiger charge is 2.17. The smallest absolute Gasteiger partial charge is 0.335 e. The summed E-state index contributed by atoms with van der Waals surface area (Å²) in [6.07, 6.45) is 14.1. The second kappa shape index (κ2) is 11.9. The van der Waals surface area contributed by atoms with Crippen LogP contribution in [0.2, 0.25) is 0 Å². The lowest BCUT2D eigenvalue weighted by Crippen LogP contribution is -1.95. The number of thiophene rings is 1. The number of hydrogen-bond donors (Lipinski definition) is 3. The van der Waals surface area contributed by atoms with Crippen molar-refractivity contribution in [3.8, 4) is 21.6 Å². The molecule has 2 aliphatic heterocycles. The van der Waals surface area contributed by atoms with Crippen molar-refractivity contribution in [3.05, 3.63) is 106 Å². The molecule has 3 N–H and O–H groups in total. The highest BCUT2D eigenvalue weighted by molar-refractivity contribution is 7.15. The number of fused-ring (bicyclic) bond motifs is 8. The van der Waals surface area contributed by atoms with Gasteiger partial charge in [0.05, 0.1) is 33.9 Å². The predicted molar refractivity (Wildman–Crippen MR) is 182 cm³/mol. The first-order valence-corrected chi connectivity index (χ1v) is 15.9. The third kappa shape index (κ3) is 5.79. The number of carboxylic acids is 1. The zero-order chi connectivity index (χ0) is 30.0. The van der Waals surface area contributed by atoms with E-state index in [9.17, 15) is 9.90 Å². The van der Waals surface area contributed by atoms with Crippen molar-refractivity contribution in [1.29, 1.82) is 0 Å². The maximum atomic E-state index is 11.7. The van der Waals surface area contributed by atoms with Crippen molar-refractivity contribution in [3.63, 3.8) is 0 Å². The first kappa shape index (κ1) is 27.8. The number of aromatic carboxylic acids is 1. The standard InChI is InChI=1S/C37H32N4O2S/c1-2-3-4-5-6-31-16-18-34(44-31)32-22-30-21-28-14-13-26(39-28)19-25-11-12-27(38-25)20-29-15-17-33(40-29)35(36(32)41-30)23-7-9-24(10-8-23)37(42)43/h7-22,38,41H,2-6H2,1H3,(H,42,43). The van der Waals surface area contributed by atoms with E-state index in [1.54, 1.807) is 12.1 Å². The van der Waals surface area contributed by atoms with Crippen LogP contribution < -0.4 is 0 Å². The molecule has 0 saturated heterocycles. The van der Waals surface area contributed by atoms with Gasteiger partial charge in [0.25, 0.3) is 0 Å². The molecule has 0 spiro atoms. The lowest BCUT2D eigenvalue weighted by atomic mass is 10.00. The average molecular weight is 597 g/mol. The van der Waals surface area contributed by atoms with Gasteiger partial charge in [0.1, 0.15) is 0 Å². The molecule has 1 aromatic carbocycles. The van der Waals surface area contributed by atoms with E-state index in [-0.39, 0.29) is 5.56 Å². The Bertz CT molecular complexity index is 2090. The summed E-state index contributed by atoms with van der Waals surface area (Å²) in [4.78, 5) is 31.3. The zero-order valence-electron chi connectivity index (χ0n) is 24.4. The fourth-order valence-electron chi connectivity index (χ4n) is 5.76. The number of carbonyl (C=O) groups is 1. The molecule has 0 aliphatic carbocycles. The van der Waals surface area contributed by atoms with Crippen LogP contribution in [-0.2, 0) is 6.42 Å². The number of carboxylic acid groups (broad SMARTS) is 1. The Morgan fingerprint density at radius 3 is 2.18 bits per heavy atom. The summed E-state index contributed by atoms with van der Waals surface area (Å²) < 4.78 is 0. The van der Waals surface area contributed by atoms with Crippen molar-refractivity contribution in [2.75, 3.05) is 0 Å². The van der Waals surface area contributed by atoms with Gasteiger partial charge < -0.3 is 15.1 Å². The normalized spacial score (nSPS) is 12.2. The van der Waals surface area contributed by atoms with Crippen LogP contribution in [0.5, 0.6) is 0 Å². The maximum Gasteiger partial charge on any atom is 0.335 e. The Morgan fingerprint density at radius 2 is 1.45 bits per heavy atom. The van der Waals surface area contributed by atoms with Gasteiger partial charge in [0.2, 0.25) is 0 Å². The summed E-state index contributed by atoms with van der Waals surface area (Å²) in [7, 11) is 0. The van der Waals surface area contributed by atoms with Gasteiger partial charge in [-0.05, 0) is 103 Å². The van der Waals surface area contributed by atoms with Gasteiger partial charge in [0, 0.05) is 37.4 Å². The minimum atomic E-state index is -0.950. The SMILES string of the molecule is CCCCCCc1ccc(-c2cc3cc4nc(cc5ccc(cc6nc(c(-c7ccc(C(=O)O)cc7)c2[nH]3)C=C6)[nH]5)C=C4)s1. The largest absolute Gasteiger partial charge is 0.478 e. The molecule has 8 bridgehead atoms. The molecule has 44 heavy (non-hydrogen) atoms. The summed E-state index contributed by atoms with van der Waals surface area (Å²) >= 11 is 1.84. The van der Waals surface area contributed by atoms with Gasteiger partial charge >= 0.3 is 5.97 Å². The minimum Gasteiger partial charge on any atom is -0.478 e. The summed E-state index contributed by atoms with van der Waals surface area (Å²) in [5, 5.41) is 9.57. The van der Waals surface area contributed by atoms with E-state index in [0.717, 1.165) is 68.0 Å². The summed E-state index contributed by atoms with van der Waals surface area (Å²) in [5.74, 6) is -0.950. The van der Waals surface area contributed by atoms with Crippen molar-refractivity contribution in [2.45, 2.75) is 39.0 Å². The van der Waals surface area contributed by atoms with Crippen LogP contribution >= 0.6 is 11.3 Å². The molecule has 6 nitrogen and oxygen atoms in total. The van der Waals surface area contributed by atoms with E-state index in [1.807, 2.05) is 72.0 Å². The lowest BCUT2D eigenvalue weighted by Gasteiger charge is -2.07. The van der Waals surface area contributed by atoms with Gasteiger partial charge in [-0.2, -0.15) is 0 Å². The topological polar surface area (TPSA) is 94.7 Å². The number of nitrogens with zero attached hydrogens (tertiary/aromatic N) is 2. The number of unbranched alkanes of at least 4 members (excludes halogenated alkanes) is 3. The van der Waals surface area contributed by atoms with E-state index in [1.165, 1.54) is 35.4 Å². The van der Waals surface area contributed by atoms with Crippen LogP contribution in [0.1, 0.15) is 70.6 Å². The third-order valence-electron chi connectivity index (χ3n) is 7.95. The van der Waals surface area contributed by atoms with Crippen LogP contribution in [0.4, 0.5) is 0 Å². The zero-order valence-corrected chi connectivity index (χ0v) is 25.2. The van der Waals surface area contributed by atoms with Crippen LogP contribution in [0.25, 0.3) is 67.9 Å². The first-order chi connectivity index (χ1) is 21.5. The van der Waals surface area contributed by atoms with Gasteiger partial charge in [-0.25, -0.2) is 14.8 Å². The van der Waals surface area contributed by atoms with E-state index < -0.39 is 5.97 Å². The van der Waals surface area contributed by atoms with E-state index in [0.29, 0.717) is 0 Å². The maximum absolute atomic E-state index is 11.7. The first-order valence-electron chi connectivity index (χ1n) is 15.1. The van der Waals surface area contributed by atoms with Gasteiger partial charge in [0.15, 0.2) is 0 Å². The Labute approximate surface area is 259 Å². The number of rotatable bonds is 8. The molecule has 2 aliphatic rings. The molecule has 5 aromatic rings. The molecule has 0 amide bonds. The Kier molecular flexibility index (Phi) is 7.54. The molecule has 218 valence electrons. The van der Waals surface area contributed by atoms with Gasteiger partial charge in [-0.1, -0.05) is 38.3 Å². The van der Waals surface area contributed by atoms with Crippen LogP contribution in [0.15, 0.2) is 72.8 Å². The summed E-state index contributed by atoms with van der Waals surface area (Å²) in [6, 6.07) is 23.9. The number of aromatic nitrogens is 4. The Hall–Kier alpha value is -5.01. The molecule has 7 heteroatoms. The second-order valence-electron chi connectivity index (χ2n) is 11.2. The molecule has 0 saturated carbocycles. The molecule has 0 radical (unpaired) electrons. The lowest BCUT2D eigenvalue weighted by molar-refractivity contribution is 0.0697. The van der Waals surface area contributed by atoms with Crippen molar-refractivity contribution in [2.24, 2.45) is 0 Å². The number of aromatic amines is 2.